The largest absolute Gasteiger partial charge is 0.467 e. The van der Waals surface area contributed by atoms with Crippen LogP contribution in [0, 0.1) is 0 Å². The number of carbonyl (C=O) groups is 2. The minimum absolute atomic E-state index is 0.116. The number of carbonyl (C=O) groups excluding carboxylic acids is 2. The topological polar surface area (TPSA) is 98.8 Å². The van der Waals surface area contributed by atoms with Crippen LogP contribution in [0.15, 0.2) is 56.3 Å². The number of hydrogen-bond donors (Lipinski definition) is 1. The summed E-state index contributed by atoms with van der Waals surface area (Å²) in [5.74, 6) is -0.218. The highest BCUT2D eigenvalue weighted by atomic mass is 16.5. The number of nitrogens with one attached hydrogen (secondary N) is 1. The Balaban J connectivity index is 1.86. The molecule has 0 bridgehead atoms. The van der Waals surface area contributed by atoms with Gasteiger partial charge in [0.05, 0.1) is 12.8 Å². The van der Waals surface area contributed by atoms with Crippen LogP contribution in [-0.2, 0) is 11.3 Å². The fourth-order valence-corrected chi connectivity index (χ4v) is 2.16. The second kappa shape index (κ2) is 6.41. The molecule has 3 rings (SSSR count). The van der Waals surface area contributed by atoms with E-state index >= 15 is 0 Å². The van der Waals surface area contributed by atoms with Crippen LogP contribution in [0.3, 0.4) is 0 Å². The van der Waals surface area contributed by atoms with E-state index < -0.39 is 17.5 Å². The van der Waals surface area contributed by atoms with Gasteiger partial charge in [0.2, 0.25) is 0 Å². The lowest BCUT2D eigenvalue weighted by molar-refractivity contribution is -0.131. The number of furan rings is 1. The van der Waals surface area contributed by atoms with E-state index in [9.17, 15) is 14.4 Å². The second-order valence-corrected chi connectivity index (χ2v) is 5.00. The normalized spacial score (nSPS) is 10.5. The number of rotatable bonds is 4. The van der Waals surface area contributed by atoms with Crippen molar-refractivity contribution in [1.82, 2.24) is 5.32 Å². The van der Waals surface area contributed by atoms with Crippen molar-refractivity contribution in [1.29, 1.82) is 0 Å². The maximum absolute atomic E-state index is 12.1. The summed E-state index contributed by atoms with van der Waals surface area (Å²) in [6.07, 6.45) is 1.49. The Kier molecular flexibility index (Phi) is 4.15. The van der Waals surface area contributed by atoms with Gasteiger partial charge in [-0.3, -0.25) is 9.59 Å². The van der Waals surface area contributed by atoms with Gasteiger partial charge in [-0.25, -0.2) is 4.79 Å². The summed E-state index contributed by atoms with van der Waals surface area (Å²) in [7, 11) is 0. The Morgan fingerprint density at radius 2 is 2.04 bits per heavy atom. The molecule has 2 aromatic heterocycles. The van der Waals surface area contributed by atoms with Gasteiger partial charge in [0.15, 0.2) is 0 Å². The number of benzene rings is 1. The van der Waals surface area contributed by atoms with Crippen LogP contribution in [0.5, 0.6) is 5.75 Å². The molecule has 0 spiro atoms. The summed E-state index contributed by atoms with van der Waals surface area (Å²) < 4.78 is 15.2. The maximum Gasteiger partial charge on any atom is 0.349 e. The van der Waals surface area contributed by atoms with Crippen LogP contribution in [0.1, 0.15) is 23.0 Å². The molecular weight excluding hydrogens is 314 g/mol. The van der Waals surface area contributed by atoms with E-state index in [4.69, 9.17) is 13.6 Å². The summed E-state index contributed by atoms with van der Waals surface area (Å²) in [5.41, 5.74) is -0.671. The summed E-state index contributed by atoms with van der Waals surface area (Å²) in [6, 6.07) is 9.40. The summed E-state index contributed by atoms with van der Waals surface area (Å²) >= 11 is 0. The van der Waals surface area contributed by atoms with Crippen molar-refractivity contribution in [3.63, 3.8) is 0 Å². The summed E-state index contributed by atoms with van der Waals surface area (Å²) in [4.78, 5) is 35.1. The fourth-order valence-electron chi connectivity index (χ4n) is 2.16. The molecule has 0 aliphatic heterocycles. The first-order chi connectivity index (χ1) is 11.5. The first-order valence-corrected chi connectivity index (χ1v) is 7.10. The van der Waals surface area contributed by atoms with E-state index in [1.165, 1.54) is 25.3 Å². The quantitative estimate of drug-likeness (QED) is 0.448. The lowest BCUT2D eigenvalue weighted by atomic mass is 10.1. The third kappa shape index (κ3) is 3.35. The van der Waals surface area contributed by atoms with E-state index in [2.05, 4.69) is 5.32 Å². The zero-order chi connectivity index (χ0) is 17.1. The summed E-state index contributed by atoms with van der Waals surface area (Å²) in [5, 5.41) is 3.12. The molecule has 7 nitrogen and oxygen atoms in total. The monoisotopic (exact) mass is 327 g/mol. The van der Waals surface area contributed by atoms with Gasteiger partial charge >= 0.3 is 11.6 Å². The minimum atomic E-state index is -0.778. The van der Waals surface area contributed by atoms with Crippen molar-refractivity contribution >= 4 is 22.8 Å². The molecule has 24 heavy (non-hydrogen) atoms. The molecule has 3 aromatic rings. The van der Waals surface area contributed by atoms with Gasteiger partial charge in [0.25, 0.3) is 5.91 Å². The Hall–Kier alpha value is -3.35. The van der Waals surface area contributed by atoms with Gasteiger partial charge in [0, 0.05) is 18.4 Å². The molecule has 0 saturated carbocycles. The van der Waals surface area contributed by atoms with Gasteiger partial charge in [-0.2, -0.15) is 0 Å². The Morgan fingerprint density at radius 3 is 2.75 bits per heavy atom. The standard InChI is InChI=1S/C17H13NO6/c1-10(19)23-12-5-4-11-7-14(17(21)24-15(11)8-12)16(20)18-9-13-3-2-6-22-13/h2-8H,9H2,1H3,(H,18,20). The Morgan fingerprint density at radius 1 is 1.21 bits per heavy atom. The molecule has 0 radical (unpaired) electrons. The molecule has 0 saturated heterocycles. The Bertz CT molecular complexity index is 955. The van der Waals surface area contributed by atoms with Gasteiger partial charge < -0.3 is 18.9 Å². The molecule has 0 aliphatic carbocycles. The highest BCUT2D eigenvalue weighted by Crippen LogP contribution is 2.20. The average Bonchev–Trinajstić information content (AvgIpc) is 3.04. The predicted molar refractivity (Wildman–Crippen MR) is 83.7 cm³/mol. The second-order valence-electron chi connectivity index (χ2n) is 5.00. The molecule has 0 atom stereocenters. The first-order valence-electron chi connectivity index (χ1n) is 7.10. The molecule has 122 valence electrons. The molecule has 7 heteroatoms. The van der Waals surface area contributed by atoms with E-state index in [0.717, 1.165) is 0 Å². The molecule has 0 unspecified atom stereocenters. The molecule has 2 heterocycles. The van der Waals surface area contributed by atoms with Gasteiger partial charge in [0.1, 0.15) is 22.7 Å². The van der Waals surface area contributed by atoms with Gasteiger partial charge in [-0.1, -0.05) is 0 Å². The number of esters is 1. The van der Waals surface area contributed by atoms with Crippen LogP contribution in [0.4, 0.5) is 0 Å². The lowest BCUT2D eigenvalue weighted by Gasteiger charge is -2.05. The highest BCUT2D eigenvalue weighted by Gasteiger charge is 2.14. The van der Waals surface area contributed by atoms with Crippen LogP contribution in [0.25, 0.3) is 11.0 Å². The van der Waals surface area contributed by atoms with Crippen LogP contribution >= 0.6 is 0 Å². The summed E-state index contributed by atoms with van der Waals surface area (Å²) in [6.45, 7) is 1.43. The van der Waals surface area contributed by atoms with Crippen LogP contribution < -0.4 is 15.7 Å². The van der Waals surface area contributed by atoms with Crippen molar-refractivity contribution in [3.8, 4) is 5.75 Å². The number of hydrogen-bond acceptors (Lipinski definition) is 6. The van der Waals surface area contributed by atoms with E-state index in [1.807, 2.05) is 0 Å². The van der Waals surface area contributed by atoms with E-state index in [1.54, 1.807) is 24.3 Å². The molecular formula is C17H13NO6. The molecule has 0 fully saturated rings. The van der Waals surface area contributed by atoms with Gasteiger partial charge in [-0.05, 0) is 30.3 Å². The van der Waals surface area contributed by atoms with Crippen molar-refractivity contribution in [3.05, 3.63) is 64.4 Å². The zero-order valence-corrected chi connectivity index (χ0v) is 12.7. The highest BCUT2D eigenvalue weighted by molar-refractivity contribution is 5.96. The zero-order valence-electron chi connectivity index (χ0n) is 12.7. The lowest BCUT2D eigenvalue weighted by Crippen LogP contribution is -2.27. The first kappa shape index (κ1) is 15.5. The number of amides is 1. The van der Waals surface area contributed by atoms with Crippen molar-refractivity contribution in [2.24, 2.45) is 0 Å². The molecule has 1 amide bonds. The maximum atomic E-state index is 12.1. The third-order valence-corrected chi connectivity index (χ3v) is 3.22. The number of ether oxygens (including phenoxy) is 1. The predicted octanol–water partition coefficient (Wildman–Crippen LogP) is 2.24. The third-order valence-electron chi connectivity index (χ3n) is 3.22. The van der Waals surface area contributed by atoms with Crippen molar-refractivity contribution < 1.29 is 23.2 Å². The van der Waals surface area contributed by atoms with Crippen LogP contribution in [-0.4, -0.2) is 11.9 Å². The Labute approximate surface area is 135 Å². The SMILES string of the molecule is CC(=O)Oc1ccc2cc(C(=O)NCc3ccco3)c(=O)oc2c1. The molecule has 1 N–H and O–H groups in total. The van der Waals surface area contributed by atoms with Crippen molar-refractivity contribution in [2.45, 2.75) is 13.5 Å². The molecule has 0 aliphatic rings. The van der Waals surface area contributed by atoms with Gasteiger partial charge in [-0.15, -0.1) is 0 Å². The number of fused-ring (bicyclic) bond motifs is 1. The van der Waals surface area contributed by atoms with E-state index in [0.29, 0.717) is 11.1 Å². The average molecular weight is 327 g/mol. The fraction of sp³-hybridized carbons (Fsp3) is 0.118. The minimum Gasteiger partial charge on any atom is -0.467 e. The molecule has 1 aromatic carbocycles. The van der Waals surface area contributed by atoms with Crippen LogP contribution in [0.2, 0.25) is 0 Å². The van der Waals surface area contributed by atoms with E-state index in [-0.39, 0.29) is 23.4 Å². The van der Waals surface area contributed by atoms with Crippen molar-refractivity contribution in [2.75, 3.05) is 0 Å². The smallest absolute Gasteiger partial charge is 0.349 e.